The molecule has 3 aliphatic heterocycles. The van der Waals surface area contributed by atoms with Gasteiger partial charge in [-0.3, -0.25) is 4.79 Å². The SMILES string of the molecule is BC(B)=C(B)C(=O)N1CCN(c2nc(OC[C@@H]3CCCN3C)nc3c2CCN(c2cccc4ccccc24)C3)C[C@@H]1CC#N. The lowest BCUT2D eigenvalue weighted by Crippen LogP contribution is -2.56. The van der Waals surface area contributed by atoms with Crippen LogP contribution in [0.2, 0.25) is 0 Å². The van der Waals surface area contributed by atoms with Crippen LogP contribution in [0.15, 0.2) is 53.3 Å². The van der Waals surface area contributed by atoms with Gasteiger partial charge in [-0.1, -0.05) is 36.4 Å². The Labute approximate surface area is 263 Å². The molecular weight excluding hydrogens is 547 g/mol. The summed E-state index contributed by atoms with van der Waals surface area (Å²) >= 11 is 0. The van der Waals surface area contributed by atoms with Gasteiger partial charge in [0.2, 0.25) is 5.91 Å². The summed E-state index contributed by atoms with van der Waals surface area (Å²) in [6.45, 7) is 4.90. The average molecular weight is 587 g/mol. The van der Waals surface area contributed by atoms with Crippen LogP contribution in [0, 0.1) is 11.3 Å². The second kappa shape index (κ2) is 12.9. The van der Waals surface area contributed by atoms with Gasteiger partial charge in [0.15, 0.2) is 0 Å². The zero-order valence-corrected chi connectivity index (χ0v) is 26.4. The number of benzene rings is 2. The Morgan fingerprint density at radius 1 is 1.02 bits per heavy atom. The maximum Gasteiger partial charge on any atom is 0.318 e. The third kappa shape index (κ3) is 6.03. The van der Waals surface area contributed by atoms with E-state index < -0.39 is 0 Å². The minimum atomic E-state index is -0.214. The number of hydrogen-bond acceptors (Lipinski definition) is 8. The second-order valence-electron chi connectivity index (χ2n) is 12.6. The van der Waals surface area contributed by atoms with E-state index in [-0.39, 0.29) is 18.4 Å². The molecule has 0 bridgehead atoms. The van der Waals surface area contributed by atoms with Crippen LogP contribution in [0.5, 0.6) is 6.01 Å². The Morgan fingerprint density at radius 2 is 1.84 bits per heavy atom. The molecule has 224 valence electrons. The highest BCUT2D eigenvalue weighted by Gasteiger charge is 2.34. The number of fused-ring (bicyclic) bond motifs is 2. The molecule has 44 heavy (non-hydrogen) atoms. The quantitative estimate of drug-likeness (QED) is 0.295. The summed E-state index contributed by atoms with van der Waals surface area (Å²) in [5.41, 5.74) is 4.09. The summed E-state index contributed by atoms with van der Waals surface area (Å²) in [5, 5.41) is 13.2. The predicted molar refractivity (Wildman–Crippen MR) is 182 cm³/mol. The van der Waals surface area contributed by atoms with Crippen molar-refractivity contribution in [2.24, 2.45) is 0 Å². The number of anilines is 2. The highest BCUT2D eigenvalue weighted by atomic mass is 16.5. The lowest BCUT2D eigenvalue weighted by molar-refractivity contribution is -0.129. The number of piperazine rings is 1. The fourth-order valence-electron chi connectivity index (χ4n) is 6.79. The molecule has 1 aromatic heterocycles. The molecule has 2 aromatic carbocycles. The van der Waals surface area contributed by atoms with Crippen molar-refractivity contribution in [1.82, 2.24) is 19.8 Å². The molecule has 2 saturated heterocycles. The summed E-state index contributed by atoms with van der Waals surface area (Å²) in [4.78, 5) is 32.3. The summed E-state index contributed by atoms with van der Waals surface area (Å²) in [6, 6.07) is 17.9. The third-order valence-electron chi connectivity index (χ3n) is 9.65. The zero-order valence-electron chi connectivity index (χ0n) is 26.4. The number of carbonyl (C=O) groups is 1. The summed E-state index contributed by atoms with van der Waals surface area (Å²) < 4.78 is 6.33. The molecule has 3 aliphatic rings. The van der Waals surface area contributed by atoms with E-state index in [1.807, 2.05) is 28.4 Å². The first kappa shape index (κ1) is 30.1. The molecule has 3 aromatic rings. The van der Waals surface area contributed by atoms with Crippen molar-refractivity contribution in [2.75, 3.05) is 56.2 Å². The topological polar surface area (TPSA) is 88.8 Å². The minimum Gasteiger partial charge on any atom is -0.462 e. The van der Waals surface area contributed by atoms with Crippen molar-refractivity contribution >= 4 is 51.7 Å². The van der Waals surface area contributed by atoms with Crippen LogP contribution in [0.3, 0.4) is 0 Å². The van der Waals surface area contributed by atoms with E-state index in [0.29, 0.717) is 44.8 Å². The average Bonchev–Trinajstić information content (AvgIpc) is 3.46. The fraction of sp³-hybridized carbons (Fsp3) is 0.438. The standard InChI is InChI=1S/C32H40B3N7O2/c1-39-14-5-8-23(39)20-44-32-37-26-19-40(27-10-4-7-21-6-2-3-9-24(21)27)15-12-25(26)30(38-32)41-16-17-42(22(18-41)11-13-36)31(43)28(33)29(34)35/h2-4,6-7,9-10,22-23H,5,8,11-12,14-20,33-35H2,1H3/t22-,23-/m0/s1. The molecule has 0 spiro atoms. The van der Waals surface area contributed by atoms with Crippen LogP contribution in [-0.2, 0) is 17.8 Å². The van der Waals surface area contributed by atoms with Crippen molar-refractivity contribution in [3.63, 3.8) is 0 Å². The Balaban J connectivity index is 1.32. The lowest BCUT2D eigenvalue weighted by atomic mass is 9.69. The summed E-state index contributed by atoms with van der Waals surface area (Å²) in [7, 11) is 7.95. The highest BCUT2D eigenvalue weighted by Crippen LogP contribution is 2.35. The van der Waals surface area contributed by atoms with E-state index in [4.69, 9.17) is 14.7 Å². The summed E-state index contributed by atoms with van der Waals surface area (Å²) in [6.07, 6.45) is 3.37. The molecule has 0 saturated carbocycles. The number of carbonyl (C=O) groups excluding carboxylic acids is 1. The second-order valence-corrected chi connectivity index (χ2v) is 12.6. The maximum absolute atomic E-state index is 13.3. The molecule has 4 heterocycles. The van der Waals surface area contributed by atoms with Gasteiger partial charge >= 0.3 is 6.01 Å². The first-order valence-corrected chi connectivity index (χ1v) is 15.9. The maximum atomic E-state index is 13.3. The van der Waals surface area contributed by atoms with Crippen LogP contribution >= 0.6 is 0 Å². The van der Waals surface area contributed by atoms with Gasteiger partial charge in [-0.2, -0.15) is 15.2 Å². The van der Waals surface area contributed by atoms with Crippen molar-refractivity contribution in [2.45, 2.75) is 44.3 Å². The molecule has 6 rings (SSSR count). The van der Waals surface area contributed by atoms with Gasteiger partial charge in [0.1, 0.15) is 36.0 Å². The number of hydrogen-bond donors (Lipinski definition) is 0. The van der Waals surface area contributed by atoms with E-state index >= 15 is 0 Å². The number of rotatable bonds is 7. The normalized spacial score (nSPS) is 20.3. The molecular formula is C32H40B3N7O2. The summed E-state index contributed by atoms with van der Waals surface area (Å²) in [5.74, 6) is 0.904. The molecule has 12 heteroatoms. The number of amides is 1. The lowest BCUT2D eigenvalue weighted by Gasteiger charge is -2.43. The van der Waals surface area contributed by atoms with Gasteiger partial charge in [-0.05, 0) is 49.8 Å². The number of ether oxygens (including phenoxy) is 1. The number of aromatic nitrogens is 2. The van der Waals surface area contributed by atoms with Crippen LogP contribution in [0.4, 0.5) is 11.5 Å². The van der Waals surface area contributed by atoms with E-state index in [1.54, 1.807) is 0 Å². The number of likely N-dealkylation sites (N-methyl/N-ethyl adjacent to an activating group) is 1. The molecule has 1 amide bonds. The monoisotopic (exact) mass is 587 g/mol. The van der Waals surface area contributed by atoms with Crippen LogP contribution in [0.1, 0.15) is 30.5 Å². The Hall–Kier alpha value is -3.97. The largest absolute Gasteiger partial charge is 0.462 e. The highest BCUT2D eigenvalue weighted by molar-refractivity contribution is 6.55. The van der Waals surface area contributed by atoms with Gasteiger partial charge in [0, 0.05) is 48.9 Å². The van der Waals surface area contributed by atoms with Gasteiger partial charge in [-0.25, -0.2) is 0 Å². The van der Waals surface area contributed by atoms with E-state index in [2.05, 4.69) is 70.3 Å². The van der Waals surface area contributed by atoms with Crippen molar-refractivity contribution in [3.05, 3.63) is 64.6 Å². The minimum absolute atomic E-state index is 0.0186. The van der Waals surface area contributed by atoms with Crippen molar-refractivity contribution in [1.29, 1.82) is 5.26 Å². The van der Waals surface area contributed by atoms with Crippen LogP contribution < -0.4 is 14.5 Å². The smallest absolute Gasteiger partial charge is 0.318 e. The number of nitriles is 1. The van der Waals surface area contributed by atoms with Gasteiger partial charge < -0.3 is 24.3 Å². The van der Waals surface area contributed by atoms with Crippen molar-refractivity contribution in [3.8, 4) is 12.1 Å². The van der Waals surface area contributed by atoms with Gasteiger partial charge in [-0.15, -0.1) is 5.37 Å². The molecule has 0 radical (unpaired) electrons. The molecule has 2 fully saturated rings. The van der Waals surface area contributed by atoms with Gasteiger partial charge in [0.25, 0.3) is 0 Å². The number of likely N-dealkylation sites (tertiary alicyclic amines) is 1. The first-order chi connectivity index (χ1) is 21.3. The predicted octanol–water partition coefficient (Wildman–Crippen LogP) is 0.665. The van der Waals surface area contributed by atoms with Gasteiger partial charge in [0.05, 0.1) is 30.8 Å². The zero-order chi connectivity index (χ0) is 30.8. The Kier molecular flexibility index (Phi) is 8.85. The van der Waals surface area contributed by atoms with E-state index in [9.17, 15) is 10.1 Å². The Bertz CT molecular complexity index is 1620. The van der Waals surface area contributed by atoms with Crippen molar-refractivity contribution < 1.29 is 9.53 Å². The fourth-order valence-corrected chi connectivity index (χ4v) is 6.79. The van der Waals surface area contributed by atoms with Crippen LogP contribution in [0.25, 0.3) is 10.8 Å². The third-order valence-corrected chi connectivity index (χ3v) is 9.65. The molecule has 0 N–H and O–H groups in total. The number of nitrogens with zero attached hydrogens (tertiary/aromatic N) is 7. The molecule has 0 aliphatic carbocycles. The van der Waals surface area contributed by atoms with Crippen LogP contribution in [-0.4, -0.2) is 108 Å². The molecule has 2 atom stereocenters. The first-order valence-electron chi connectivity index (χ1n) is 15.9. The molecule has 0 unspecified atom stereocenters. The van der Waals surface area contributed by atoms with E-state index in [0.717, 1.165) is 53.9 Å². The Morgan fingerprint density at radius 3 is 2.61 bits per heavy atom. The molecule has 9 nitrogen and oxygen atoms in total. The van der Waals surface area contributed by atoms with E-state index in [1.165, 1.54) is 22.9 Å².